The predicted molar refractivity (Wildman–Crippen MR) is 104 cm³/mol. The number of piperidine rings is 1. The number of hydrogen-bond donors (Lipinski definition) is 3. The molecule has 0 unspecified atom stereocenters. The summed E-state index contributed by atoms with van der Waals surface area (Å²) >= 11 is 0. The summed E-state index contributed by atoms with van der Waals surface area (Å²) in [6.07, 6.45) is 7.50. The maximum absolute atomic E-state index is 11.6. The van der Waals surface area contributed by atoms with Crippen LogP contribution in [0.25, 0.3) is 0 Å². The zero-order chi connectivity index (χ0) is 17.9. The number of nitrogens with zero attached hydrogens (tertiary/aromatic N) is 2. The second-order valence-electron chi connectivity index (χ2n) is 7.51. The molecule has 1 amide bonds. The van der Waals surface area contributed by atoms with E-state index in [0.717, 1.165) is 50.7 Å². The monoisotopic (exact) mass is 351 g/mol. The molecule has 1 aliphatic heterocycles. The van der Waals surface area contributed by atoms with Crippen molar-refractivity contribution in [2.45, 2.75) is 64.8 Å². The normalized spacial score (nSPS) is 19.7. The molecule has 2 rings (SSSR count). The Balaban J connectivity index is 1.54. The number of nitrogens with one attached hydrogen (secondary N) is 3. The van der Waals surface area contributed by atoms with Gasteiger partial charge >= 0.3 is 0 Å². The molecule has 3 N–H and O–H groups in total. The Morgan fingerprint density at radius 3 is 2.56 bits per heavy atom. The van der Waals surface area contributed by atoms with Crippen molar-refractivity contribution in [2.24, 2.45) is 10.9 Å². The third kappa shape index (κ3) is 9.10. The molecule has 2 fully saturated rings. The highest BCUT2D eigenvalue weighted by molar-refractivity contribution is 5.79. The maximum atomic E-state index is 11.6. The van der Waals surface area contributed by atoms with Gasteiger partial charge < -0.3 is 20.9 Å². The summed E-state index contributed by atoms with van der Waals surface area (Å²) in [5, 5.41) is 9.71. The molecule has 0 aromatic carbocycles. The molecule has 1 saturated heterocycles. The van der Waals surface area contributed by atoms with Crippen molar-refractivity contribution in [3.8, 4) is 0 Å². The molecule has 6 heteroatoms. The van der Waals surface area contributed by atoms with Gasteiger partial charge in [0.05, 0.1) is 0 Å². The van der Waals surface area contributed by atoms with E-state index in [1.807, 2.05) is 0 Å². The Morgan fingerprint density at radius 1 is 1.12 bits per heavy atom. The summed E-state index contributed by atoms with van der Waals surface area (Å²) in [5.74, 6) is 1.94. The van der Waals surface area contributed by atoms with Gasteiger partial charge in [-0.2, -0.15) is 0 Å². The van der Waals surface area contributed by atoms with Crippen LogP contribution < -0.4 is 16.0 Å². The van der Waals surface area contributed by atoms with Crippen molar-refractivity contribution < 1.29 is 4.79 Å². The summed E-state index contributed by atoms with van der Waals surface area (Å²) in [4.78, 5) is 18.8. The Hall–Kier alpha value is -1.30. The fraction of sp³-hybridized carbons (Fsp3) is 0.895. The van der Waals surface area contributed by atoms with Gasteiger partial charge in [-0.25, -0.2) is 0 Å². The van der Waals surface area contributed by atoms with Crippen LogP contribution in [0.4, 0.5) is 0 Å². The van der Waals surface area contributed by atoms with Crippen LogP contribution in [-0.4, -0.2) is 62.1 Å². The van der Waals surface area contributed by atoms with Crippen LogP contribution in [0, 0.1) is 5.92 Å². The Bertz CT molecular complexity index is 414. The van der Waals surface area contributed by atoms with E-state index in [1.54, 1.807) is 0 Å². The molecular weight excluding hydrogens is 314 g/mol. The van der Waals surface area contributed by atoms with E-state index in [9.17, 15) is 4.79 Å². The van der Waals surface area contributed by atoms with Gasteiger partial charge in [-0.15, -0.1) is 0 Å². The summed E-state index contributed by atoms with van der Waals surface area (Å²) in [5.41, 5.74) is 0. The quantitative estimate of drug-likeness (QED) is 0.318. The number of aliphatic imine (C=N–C) groups is 1. The Morgan fingerprint density at radius 2 is 1.88 bits per heavy atom. The van der Waals surface area contributed by atoms with Crippen LogP contribution in [-0.2, 0) is 4.79 Å². The third-order valence-corrected chi connectivity index (χ3v) is 4.94. The van der Waals surface area contributed by atoms with Gasteiger partial charge in [0.25, 0.3) is 0 Å². The first kappa shape index (κ1) is 20.0. The number of carbonyl (C=O) groups is 1. The minimum Gasteiger partial charge on any atom is -0.357 e. The number of likely N-dealkylation sites (tertiary alicyclic amines) is 1. The van der Waals surface area contributed by atoms with E-state index in [4.69, 9.17) is 0 Å². The standard InChI is InChI=1S/C19H37N5O/c1-3-20-19(21-11-4-6-18(25)23-17-7-8-17)22-12-5-13-24-14-9-16(2)10-15-24/h16-17H,3-15H2,1-2H3,(H,23,25)(H2,20,21,22). The number of rotatable bonds is 10. The maximum Gasteiger partial charge on any atom is 0.220 e. The third-order valence-electron chi connectivity index (χ3n) is 4.94. The largest absolute Gasteiger partial charge is 0.357 e. The molecule has 144 valence electrons. The van der Waals surface area contributed by atoms with E-state index in [-0.39, 0.29) is 5.91 Å². The van der Waals surface area contributed by atoms with Gasteiger partial charge in [0.1, 0.15) is 0 Å². The first-order valence-electron chi connectivity index (χ1n) is 10.2. The van der Waals surface area contributed by atoms with Gasteiger partial charge in [-0.3, -0.25) is 9.79 Å². The fourth-order valence-corrected chi connectivity index (χ4v) is 3.09. The lowest BCUT2D eigenvalue weighted by molar-refractivity contribution is -0.121. The van der Waals surface area contributed by atoms with Crippen LogP contribution in [0.5, 0.6) is 0 Å². The SMILES string of the molecule is CCNC(=NCCCC(=O)NC1CC1)NCCCN1CCC(C)CC1. The molecular formula is C19H37N5O. The molecule has 1 saturated carbocycles. The predicted octanol–water partition coefficient (Wildman–Crippen LogP) is 1.72. The molecule has 2 aliphatic rings. The van der Waals surface area contributed by atoms with E-state index in [2.05, 4.69) is 39.7 Å². The number of hydrogen-bond acceptors (Lipinski definition) is 3. The number of amides is 1. The Labute approximate surface area is 153 Å². The lowest BCUT2D eigenvalue weighted by atomic mass is 9.99. The molecule has 6 nitrogen and oxygen atoms in total. The minimum atomic E-state index is 0.173. The molecule has 0 atom stereocenters. The highest BCUT2D eigenvalue weighted by Crippen LogP contribution is 2.18. The van der Waals surface area contributed by atoms with Crippen molar-refractivity contribution in [3.63, 3.8) is 0 Å². The average molecular weight is 352 g/mol. The molecule has 0 aromatic rings. The van der Waals surface area contributed by atoms with Gasteiger partial charge in [0.2, 0.25) is 5.91 Å². The lowest BCUT2D eigenvalue weighted by Gasteiger charge is -2.30. The fourth-order valence-electron chi connectivity index (χ4n) is 3.09. The Kier molecular flexibility index (Phi) is 9.08. The number of carbonyl (C=O) groups excluding carboxylic acids is 1. The van der Waals surface area contributed by atoms with Crippen LogP contribution in [0.15, 0.2) is 4.99 Å². The first-order chi connectivity index (χ1) is 12.2. The van der Waals surface area contributed by atoms with Gasteiger partial charge in [-0.05, 0) is 71.0 Å². The van der Waals surface area contributed by atoms with Crippen LogP contribution in [0.3, 0.4) is 0 Å². The van der Waals surface area contributed by atoms with Crippen LogP contribution in [0.2, 0.25) is 0 Å². The molecule has 1 heterocycles. The van der Waals surface area contributed by atoms with Crippen molar-refractivity contribution in [2.75, 3.05) is 39.3 Å². The van der Waals surface area contributed by atoms with E-state index in [0.29, 0.717) is 19.0 Å². The summed E-state index contributed by atoms with van der Waals surface area (Å²) < 4.78 is 0. The molecule has 0 aromatic heterocycles. The van der Waals surface area contributed by atoms with Gasteiger partial charge in [0, 0.05) is 32.1 Å². The average Bonchev–Trinajstić information content (AvgIpc) is 3.41. The van der Waals surface area contributed by atoms with Gasteiger partial charge in [-0.1, -0.05) is 6.92 Å². The minimum absolute atomic E-state index is 0.173. The topological polar surface area (TPSA) is 68.8 Å². The zero-order valence-corrected chi connectivity index (χ0v) is 16.1. The second-order valence-corrected chi connectivity index (χ2v) is 7.51. The molecule has 0 radical (unpaired) electrons. The van der Waals surface area contributed by atoms with Crippen molar-refractivity contribution in [1.29, 1.82) is 0 Å². The van der Waals surface area contributed by atoms with E-state index < -0.39 is 0 Å². The van der Waals surface area contributed by atoms with Crippen LogP contribution in [0.1, 0.15) is 58.8 Å². The summed E-state index contributed by atoms with van der Waals surface area (Å²) in [6.45, 7) is 10.6. The van der Waals surface area contributed by atoms with Crippen molar-refractivity contribution in [3.05, 3.63) is 0 Å². The van der Waals surface area contributed by atoms with Crippen molar-refractivity contribution >= 4 is 11.9 Å². The summed E-state index contributed by atoms with van der Waals surface area (Å²) in [6, 6.07) is 0.457. The van der Waals surface area contributed by atoms with E-state index in [1.165, 1.54) is 32.5 Å². The van der Waals surface area contributed by atoms with E-state index >= 15 is 0 Å². The highest BCUT2D eigenvalue weighted by Gasteiger charge is 2.22. The lowest BCUT2D eigenvalue weighted by Crippen LogP contribution is -2.39. The van der Waals surface area contributed by atoms with Gasteiger partial charge in [0.15, 0.2) is 5.96 Å². The molecule has 0 bridgehead atoms. The summed E-state index contributed by atoms with van der Waals surface area (Å²) in [7, 11) is 0. The van der Waals surface area contributed by atoms with Crippen LogP contribution >= 0.6 is 0 Å². The zero-order valence-electron chi connectivity index (χ0n) is 16.1. The first-order valence-corrected chi connectivity index (χ1v) is 10.2. The number of guanidine groups is 1. The van der Waals surface area contributed by atoms with Crippen molar-refractivity contribution in [1.82, 2.24) is 20.9 Å². The molecule has 25 heavy (non-hydrogen) atoms. The second kappa shape index (κ2) is 11.3. The molecule has 0 spiro atoms. The molecule has 1 aliphatic carbocycles. The highest BCUT2D eigenvalue weighted by atomic mass is 16.1. The smallest absolute Gasteiger partial charge is 0.220 e.